The highest BCUT2D eigenvalue weighted by Crippen LogP contribution is 2.57. The second kappa shape index (κ2) is 9.92. The Morgan fingerprint density at radius 2 is 2.28 bits per heavy atom. The highest BCUT2D eigenvalue weighted by atomic mass is 127. The standard InChI is InChI=1S/C20H30N6O2.HI/c1-3-21-19(23-15-13-16(27-4-2)20(15)9-6-10-20)22-11-8-17-24-18(26-25-17)14-7-5-12-28-14;/h5,7,12,15-16H,3-4,6,8-11,13H2,1-2H3,(H2,21,22,23)(H,24,25,26);1H. The molecule has 4 rings (SSSR count). The number of H-pyrrole nitrogens is 1. The number of halogens is 1. The molecule has 2 aliphatic rings. The molecule has 0 saturated heterocycles. The van der Waals surface area contributed by atoms with Crippen molar-refractivity contribution in [3.05, 3.63) is 24.2 Å². The Hall–Kier alpha value is -1.62. The average molecular weight is 514 g/mol. The third-order valence-corrected chi connectivity index (χ3v) is 5.98. The van der Waals surface area contributed by atoms with Gasteiger partial charge in [-0.1, -0.05) is 6.42 Å². The molecule has 8 nitrogen and oxygen atoms in total. The highest BCUT2D eigenvalue weighted by Gasteiger charge is 2.59. The van der Waals surface area contributed by atoms with Crippen molar-refractivity contribution in [3.63, 3.8) is 0 Å². The molecule has 2 aromatic heterocycles. The Kier molecular flexibility index (Phi) is 7.55. The van der Waals surface area contributed by atoms with Crippen molar-refractivity contribution in [1.29, 1.82) is 0 Å². The number of aromatic amines is 1. The maximum atomic E-state index is 5.95. The predicted molar refractivity (Wildman–Crippen MR) is 122 cm³/mol. The third-order valence-electron chi connectivity index (χ3n) is 5.98. The minimum absolute atomic E-state index is 0. The lowest BCUT2D eigenvalue weighted by Crippen LogP contribution is -2.68. The summed E-state index contributed by atoms with van der Waals surface area (Å²) in [6.45, 7) is 6.44. The van der Waals surface area contributed by atoms with Crippen molar-refractivity contribution in [3.8, 4) is 11.6 Å². The van der Waals surface area contributed by atoms with E-state index in [9.17, 15) is 0 Å². The summed E-state index contributed by atoms with van der Waals surface area (Å²) in [5.74, 6) is 2.93. The summed E-state index contributed by atoms with van der Waals surface area (Å²) in [4.78, 5) is 9.21. The van der Waals surface area contributed by atoms with Crippen LogP contribution in [0.2, 0.25) is 0 Å². The van der Waals surface area contributed by atoms with E-state index >= 15 is 0 Å². The topological polar surface area (TPSA) is 100 Å². The summed E-state index contributed by atoms with van der Waals surface area (Å²) in [7, 11) is 0. The number of nitrogens with zero attached hydrogens (tertiary/aromatic N) is 3. The Balaban J connectivity index is 0.00000240. The number of rotatable bonds is 8. The number of nitrogens with one attached hydrogen (secondary N) is 3. The summed E-state index contributed by atoms with van der Waals surface area (Å²) in [5.41, 5.74) is 0.315. The molecule has 2 atom stereocenters. The van der Waals surface area contributed by atoms with Gasteiger partial charge in [-0.25, -0.2) is 4.98 Å². The molecule has 0 bridgehead atoms. The van der Waals surface area contributed by atoms with Gasteiger partial charge >= 0.3 is 0 Å². The normalized spacial score (nSPS) is 22.5. The molecule has 9 heteroatoms. The number of aliphatic imine (C=N–C) groups is 1. The Labute approximate surface area is 188 Å². The lowest BCUT2D eigenvalue weighted by atomic mass is 9.51. The number of guanidine groups is 1. The van der Waals surface area contributed by atoms with Crippen LogP contribution >= 0.6 is 24.0 Å². The van der Waals surface area contributed by atoms with Gasteiger partial charge in [-0.15, -0.1) is 24.0 Å². The quantitative estimate of drug-likeness (QED) is 0.285. The Bertz CT molecular complexity index is 787. The first kappa shape index (κ1) is 22.1. The average Bonchev–Trinajstić information content (AvgIpc) is 3.30. The summed E-state index contributed by atoms with van der Waals surface area (Å²) in [6.07, 6.45) is 7.59. The van der Waals surface area contributed by atoms with Crippen LogP contribution in [0, 0.1) is 5.41 Å². The third kappa shape index (κ3) is 4.60. The lowest BCUT2D eigenvalue weighted by Gasteiger charge is -2.61. The van der Waals surface area contributed by atoms with Crippen LogP contribution in [-0.4, -0.2) is 53.0 Å². The van der Waals surface area contributed by atoms with Crippen molar-refractivity contribution in [1.82, 2.24) is 25.8 Å². The van der Waals surface area contributed by atoms with Crippen LogP contribution in [0.4, 0.5) is 0 Å². The molecule has 2 saturated carbocycles. The van der Waals surface area contributed by atoms with E-state index in [1.165, 1.54) is 19.3 Å². The van der Waals surface area contributed by atoms with Crippen LogP contribution in [-0.2, 0) is 11.2 Å². The Morgan fingerprint density at radius 3 is 2.93 bits per heavy atom. The monoisotopic (exact) mass is 514 g/mol. The first-order valence-corrected chi connectivity index (χ1v) is 10.4. The maximum Gasteiger partial charge on any atom is 0.216 e. The van der Waals surface area contributed by atoms with Gasteiger partial charge in [-0.2, -0.15) is 5.10 Å². The van der Waals surface area contributed by atoms with Gasteiger partial charge in [0.05, 0.1) is 12.4 Å². The zero-order valence-electron chi connectivity index (χ0n) is 17.1. The molecular weight excluding hydrogens is 483 g/mol. The van der Waals surface area contributed by atoms with Crippen LogP contribution in [0.25, 0.3) is 11.6 Å². The minimum atomic E-state index is 0. The van der Waals surface area contributed by atoms with E-state index in [1.807, 2.05) is 12.1 Å². The van der Waals surface area contributed by atoms with E-state index in [4.69, 9.17) is 14.1 Å². The molecule has 2 aliphatic carbocycles. The van der Waals surface area contributed by atoms with E-state index in [0.29, 0.717) is 42.1 Å². The van der Waals surface area contributed by atoms with Gasteiger partial charge in [-0.05, 0) is 45.2 Å². The number of hydrogen-bond donors (Lipinski definition) is 3. The first-order chi connectivity index (χ1) is 13.7. The zero-order valence-corrected chi connectivity index (χ0v) is 19.4. The summed E-state index contributed by atoms with van der Waals surface area (Å²) >= 11 is 0. The largest absolute Gasteiger partial charge is 0.461 e. The second-order valence-electron chi connectivity index (χ2n) is 7.56. The zero-order chi connectivity index (χ0) is 19.4. The lowest BCUT2D eigenvalue weighted by molar-refractivity contribution is -0.168. The van der Waals surface area contributed by atoms with Crippen molar-refractivity contribution in [2.24, 2.45) is 10.4 Å². The van der Waals surface area contributed by atoms with E-state index in [1.54, 1.807) is 6.26 Å². The fourth-order valence-corrected chi connectivity index (χ4v) is 4.32. The Morgan fingerprint density at radius 1 is 1.41 bits per heavy atom. The minimum Gasteiger partial charge on any atom is -0.461 e. The number of hydrogen-bond acceptors (Lipinski definition) is 5. The maximum absolute atomic E-state index is 5.95. The summed E-state index contributed by atoms with van der Waals surface area (Å²) < 4.78 is 11.3. The van der Waals surface area contributed by atoms with Crippen molar-refractivity contribution in [2.45, 2.75) is 58.1 Å². The SMILES string of the molecule is CCNC(=NCCc1nc(-c2ccco2)n[nH]1)NC1CC(OCC)C12CCC2.I. The van der Waals surface area contributed by atoms with Gasteiger partial charge in [0.25, 0.3) is 0 Å². The van der Waals surface area contributed by atoms with Crippen LogP contribution in [0.3, 0.4) is 0 Å². The molecule has 2 unspecified atom stereocenters. The molecule has 0 aliphatic heterocycles. The van der Waals surface area contributed by atoms with Gasteiger partial charge < -0.3 is 19.8 Å². The van der Waals surface area contributed by atoms with E-state index in [0.717, 1.165) is 31.4 Å². The van der Waals surface area contributed by atoms with E-state index in [-0.39, 0.29) is 24.0 Å². The molecular formula is C20H31IN6O2. The second-order valence-corrected chi connectivity index (χ2v) is 7.56. The van der Waals surface area contributed by atoms with Crippen molar-refractivity contribution >= 4 is 29.9 Å². The van der Waals surface area contributed by atoms with Crippen LogP contribution < -0.4 is 10.6 Å². The first-order valence-electron chi connectivity index (χ1n) is 10.4. The van der Waals surface area contributed by atoms with Gasteiger partial charge in [0, 0.05) is 37.6 Å². The molecule has 29 heavy (non-hydrogen) atoms. The van der Waals surface area contributed by atoms with Crippen LogP contribution in [0.5, 0.6) is 0 Å². The highest BCUT2D eigenvalue weighted by molar-refractivity contribution is 14.0. The van der Waals surface area contributed by atoms with Crippen LogP contribution in [0.15, 0.2) is 27.8 Å². The fourth-order valence-electron chi connectivity index (χ4n) is 4.32. The predicted octanol–water partition coefficient (Wildman–Crippen LogP) is 3.13. The molecule has 0 aromatic carbocycles. The van der Waals surface area contributed by atoms with E-state index in [2.05, 4.69) is 39.7 Å². The molecule has 160 valence electrons. The van der Waals surface area contributed by atoms with Crippen molar-refractivity contribution < 1.29 is 9.15 Å². The van der Waals surface area contributed by atoms with E-state index < -0.39 is 0 Å². The molecule has 2 heterocycles. The van der Waals surface area contributed by atoms with Gasteiger partial charge in [0.15, 0.2) is 11.7 Å². The van der Waals surface area contributed by atoms with Gasteiger partial charge in [0.1, 0.15) is 5.82 Å². The summed E-state index contributed by atoms with van der Waals surface area (Å²) in [6, 6.07) is 4.13. The van der Waals surface area contributed by atoms with Crippen molar-refractivity contribution in [2.75, 3.05) is 19.7 Å². The number of furan rings is 1. The molecule has 2 fully saturated rings. The molecule has 0 amide bonds. The van der Waals surface area contributed by atoms with Gasteiger partial charge in [0.2, 0.25) is 5.82 Å². The van der Waals surface area contributed by atoms with Crippen LogP contribution in [0.1, 0.15) is 45.4 Å². The fraction of sp³-hybridized carbons (Fsp3) is 0.650. The van der Waals surface area contributed by atoms with Gasteiger partial charge in [-0.3, -0.25) is 10.1 Å². The molecule has 0 radical (unpaired) electrons. The molecule has 1 spiro atoms. The summed E-state index contributed by atoms with van der Waals surface area (Å²) in [5, 5.41) is 14.2. The smallest absolute Gasteiger partial charge is 0.216 e. The molecule has 3 N–H and O–H groups in total. The number of aromatic nitrogens is 3. The number of ether oxygens (including phenoxy) is 1. The molecule has 2 aromatic rings.